The molecule has 3 atom stereocenters. The summed E-state index contributed by atoms with van der Waals surface area (Å²) in [4.78, 5) is 14.4. The number of hydrogen-bond acceptors (Lipinski definition) is 3. The van der Waals surface area contributed by atoms with Crippen molar-refractivity contribution in [3.05, 3.63) is 0 Å². The van der Waals surface area contributed by atoms with Crippen LogP contribution in [-0.2, 0) is 4.79 Å². The maximum atomic E-state index is 12.3. The zero-order valence-corrected chi connectivity index (χ0v) is 10.5. The summed E-state index contributed by atoms with van der Waals surface area (Å²) < 4.78 is 0. The minimum absolute atomic E-state index is 0.0950. The molecule has 3 nitrogen and oxygen atoms in total. The quantitative estimate of drug-likeness (QED) is 0.740. The monoisotopic (exact) mass is 240 g/mol. The molecule has 0 aromatic carbocycles. The van der Waals surface area contributed by atoms with Crippen molar-refractivity contribution in [1.82, 2.24) is 10.2 Å². The number of carbonyl (C=O) groups excluding carboxylic acids is 1. The van der Waals surface area contributed by atoms with E-state index in [-0.39, 0.29) is 6.04 Å². The molecular weight excluding hydrogens is 220 g/mol. The Bertz CT molecular complexity index is 266. The summed E-state index contributed by atoms with van der Waals surface area (Å²) in [5.41, 5.74) is 0. The lowest BCUT2D eigenvalue weighted by Gasteiger charge is -2.27. The van der Waals surface area contributed by atoms with Crippen molar-refractivity contribution >= 4 is 17.7 Å². The second-order valence-corrected chi connectivity index (χ2v) is 6.43. The van der Waals surface area contributed by atoms with Gasteiger partial charge >= 0.3 is 0 Å². The van der Waals surface area contributed by atoms with Crippen LogP contribution < -0.4 is 5.32 Å². The van der Waals surface area contributed by atoms with Gasteiger partial charge in [-0.25, -0.2) is 0 Å². The standard InChI is InChI=1S/C12H20N2OS/c15-12(11-8-16-5-4-13-11)14-6-9-2-1-3-10(9)7-14/h9-11,13H,1-8H2. The highest BCUT2D eigenvalue weighted by molar-refractivity contribution is 7.99. The average Bonchev–Trinajstić information content (AvgIpc) is 2.89. The zero-order chi connectivity index (χ0) is 11.0. The first kappa shape index (κ1) is 10.9. The van der Waals surface area contributed by atoms with Crippen LogP contribution in [-0.4, -0.2) is 48.0 Å². The molecule has 0 radical (unpaired) electrons. The van der Waals surface area contributed by atoms with Gasteiger partial charge in [-0.3, -0.25) is 4.79 Å². The van der Waals surface area contributed by atoms with Gasteiger partial charge in [-0.2, -0.15) is 11.8 Å². The third-order valence-corrected chi connectivity index (χ3v) is 5.32. The van der Waals surface area contributed by atoms with E-state index in [1.54, 1.807) is 0 Å². The topological polar surface area (TPSA) is 32.3 Å². The van der Waals surface area contributed by atoms with Gasteiger partial charge in [0.2, 0.25) is 5.91 Å². The minimum Gasteiger partial charge on any atom is -0.341 e. The molecule has 1 N–H and O–H groups in total. The number of amides is 1. The van der Waals surface area contributed by atoms with Crippen LogP contribution >= 0.6 is 11.8 Å². The van der Waals surface area contributed by atoms with Gasteiger partial charge in [-0.15, -0.1) is 0 Å². The maximum absolute atomic E-state index is 12.3. The number of rotatable bonds is 1. The second-order valence-electron chi connectivity index (χ2n) is 5.28. The van der Waals surface area contributed by atoms with E-state index in [1.165, 1.54) is 19.3 Å². The Hall–Kier alpha value is -0.220. The fourth-order valence-electron chi connectivity index (χ4n) is 3.36. The lowest BCUT2D eigenvalue weighted by Crippen LogP contribution is -2.50. The summed E-state index contributed by atoms with van der Waals surface area (Å²) in [6, 6.07) is 0.0950. The highest BCUT2D eigenvalue weighted by Gasteiger charge is 2.39. The largest absolute Gasteiger partial charge is 0.341 e. The number of nitrogens with zero attached hydrogens (tertiary/aromatic N) is 1. The number of fused-ring (bicyclic) bond motifs is 1. The number of nitrogens with one attached hydrogen (secondary N) is 1. The molecule has 3 rings (SSSR count). The van der Waals surface area contributed by atoms with Gasteiger partial charge in [0.05, 0.1) is 6.04 Å². The van der Waals surface area contributed by atoms with E-state index in [1.807, 2.05) is 11.8 Å². The fourth-order valence-corrected chi connectivity index (χ4v) is 4.28. The summed E-state index contributed by atoms with van der Waals surface area (Å²) in [5, 5.41) is 3.35. The van der Waals surface area contributed by atoms with Crippen LogP contribution in [0, 0.1) is 11.8 Å². The summed E-state index contributed by atoms with van der Waals surface area (Å²) >= 11 is 1.90. The van der Waals surface area contributed by atoms with Gasteiger partial charge < -0.3 is 10.2 Å². The van der Waals surface area contributed by atoms with E-state index in [9.17, 15) is 4.79 Å². The number of carbonyl (C=O) groups is 1. The molecule has 90 valence electrons. The first-order valence-corrected chi connectivity index (χ1v) is 7.60. The molecule has 2 saturated heterocycles. The third-order valence-electron chi connectivity index (χ3n) is 4.26. The highest BCUT2D eigenvalue weighted by atomic mass is 32.2. The van der Waals surface area contributed by atoms with Gasteiger partial charge in [0.1, 0.15) is 0 Å². The molecule has 1 saturated carbocycles. The Morgan fingerprint density at radius 3 is 2.62 bits per heavy atom. The summed E-state index contributed by atoms with van der Waals surface area (Å²) in [6.45, 7) is 3.06. The number of hydrogen-bond donors (Lipinski definition) is 1. The molecule has 1 amide bonds. The summed E-state index contributed by atoms with van der Waals surface area (Å²) in [5.74, 6) is 4.11. The van der Waals surface area contributed by atoms with Gasteiger partial charge in [0.25, 0.3) is 0 Å². The second kappa shape index (κ2) is 4.57. The number of thioether (sulfide) groups is 1. The van der Waals surface area contributed by atoms with Crippen LogP contribution in [0.15, 0.2) is 0 Å². The Morgan fingerprint density at radius 2 is 2.00 bits per heavy atom. The summed E-state index contributed by atoms with van der Waals surface area (Å²) in [7, 11) is 0. The Labute approximate surface area is 101 Å². The first-order chi connectivity index (χ1) is 7.84. The molecule has 3 aliphatic rings. The van der Waals surface area contributed by atoms with E-state index < -0.39 is 0 Å². The molecule has 0 spiro atoms. The lowest BCUT2D eigenvalue weighted by molar-refractivity contribution is -0.132. The molecular formula is C12H20N2OS. The zero-order valence-electron chi connectivity index (χ0n) is 9.65. The predicted molar refractivity (Wildman–Crippen MR) is 66.5 cm³/mol. The van der Waals surface area contributed by atoms with Crippen LogP contribution in [0.5, 0.6) is 0 Å². The van der Waals surface area contributed by atoms with Gasteiger partial charge in [0, 0.05) is 31.1 Å². The maximum Gasteiger partial charge on any atom is 0.240 e. The summed E-state index contributed by atoms with van der Waals surface area (Å²) in [6.07, 6.45) is 4.08. The Kier molecular flexibility index (Phi) is 3.11. The number of likely N-dealkylation sites (tertiary alicyclic amines) is 1. The SMILES string of the molecule is O=C(C1CSCCN1)N1CC2CCCC2C1. The molecule has 3 unspecified atom stereocenters. The fraction of sp³-hybridized carbons (Fsp3) is 0.917. The average molecular weight is 240 g/mol. The molecule has 3 fully saturated rings. The van der Waals surface area contributed by atoms with E-state index >= 15 is 0 Å². The predicted octanol–water partition coefficient (Wildman–Crippen LogP) is 0.950. The minimum atomic E-state index is 0.0950. The first-order valence-electron chi connectivity index (χ1n) is 6.44. The van der Waals surface area contributed by atoms with E-state index in [0.29, 0.717) is 5.91 Å². The third kappa shape index (κ3) is 1.97. The molecule has 2 aliphatic heterocycles. The van der Waals surface area contributed by atoms with E-state index in [2.05, 4.69) is 10.2 Å². The van der Waals surface area contributed by atoms with Crippen molar-refractivity contribution in [2.75, 3.05) is 31.1 Å². The lowest BCUT2D eigenvalue weighted by atomic mass is 10.0. The molecule has 16 heavy (non-hydrogen) atoms. The van der Waals surface area contributed by atoms with Crippen molar-refractivity contribution in [2.45, 2.75) is 25.3 Å². The van der Waals surface area contributed by atoms with E-state index in [0.717, 1.165) is 43.0 Å². The van der Waals surface area contributed by atoms with Crippen LogP contribution in [0.4, 0.5) is 0 Å². The molecule has 0 bridgehead atoms. The van der Waals surface area contributed by atoms with Crippen molar-refractivity contribution in [3.8, 4) is 0 Å². The molecule has 2 heterocycles. The van der Waals surface area contributed by atoms with Crippen molar-refractivity contribution in [2.24, 2.45) is 11.8 Å². The molecule has 4 heteroatoms. The van der Waals surface area contributed by atoms with Crippen LogP contribution in [0.3, 0.4) is 0 Å². The van der Waals surface area contributed by atoms with Crippen molar-refractivity contribution in [1.29, 1.82) is 0 Å². The van der Waals surface area contributed by atoms with Gasteiger partial charge in [-0.1, -0.05) is 6.42 Å². The van der Waals surface area contributed by atoms with Crippen LogP contribution in [0.2, 0.25) is 0 Å². The van der Waals surface area contributed by atoms with Gasteiger partial charge in [0.15, 0.2) is 0 Å². The normalized spacial score (nSPS) is 38.8. The van der Waals surface area contributed by atoms with E-state index in [4.69, 9.17) is 0 Å². The Morgan fingerprint density at radius 1 is 1.25 bits per heavy atom. The van der Waals surface area contributed by atoms with Crippen LogP contribution in [0.1, 0.15) is 19.3 Å². The molecule has 0 aromatic heterocycles. The smallest absolute Gasteiger partial charge is 0.240 e. The highest BCUT2D eigenvalue weighted by Crippen LogP contribution is 2.37. The molecule has 0 aromatic rings. The van der Waals surface area contributed by atoms with Crippen LogP contribution in [0.25, 0.3) is 0 Å². The van der Waals surface area contributed by atoms with Crippen molar-refractivity contribution in [3.63, 3.8) is 0 Å². The van der Waals surface area contributed by atoms with Gasteiger partial charge in [-0.05, 0) is 24.7 Å². The molecule has 1 aliphatic carbocycles. The van der Waals surface area contributed by atoms with Crippen molar-refractivity contribution < 1.29 is 4.79 Å². The Balaban J connectivity index is 1.59.